The van der Waals surface area contributed by atoms with Crippen molar-refractivity contribution in [3.8, 4) is 11.1 Å². The van der Waals surface area contributed by atoms with Crippen LogP contribution in [-0.4, -0.2) is 52.5 Å². The maximum Gasteiger partial charge on any atom is 0.261 e. The lowest BCUT2D eigenvalue weighted by Crippen LogP contribution is -2.40. The molecule has 2 fully saturated rings. The van der Waals surface area contributed by atoms with E-state index in [4.69, 9.17) is 9.47 Å². The van der Waals surface area contributed by atoms with E-state index in [0.29, 0.717) is 11.1 Å². The molecule has 3 atom stereocenters. The molecule has 0 aromatic heterocycles. The number of rotatable bonds is 8. The molecule has 3 aliphatic heterocycles. The zero-order valence-electron chi connectivity index (χ0n) is 26.7. The quantitative estimate of drug-likeness (QED) is 0.204. The van der Waals surface area contributed by atoms with Gasteiger partial charge in [0.2, 0.25) is 0 Å². The van der Waals surface area contributed by atoms with Crippen molar-refractivity contribution >= 4 is 11.8 Å². The standard InChI is InChI=1S/C40H42N2O5/c43-27-28-13-15-31(16-14-28)37-24-34(26-41-21-6-2-1-3-7-22-41)46-40(47-37)32-19-17-30(18-20-32)33-10-8-9-29(23-33)25-42-38(44)35-11-4-5-12-36(35)39(42)45/h4-5,8-20,23,34,37,40,43H,1-3,6-7,21-22,24-27H2/t34-,37+,40+/m0/s1. The number of hydrogen-bond acceptors (Lipinski definition) is 6. The van der Waals surface area contributed by atoms with Gasteiger partial charge >= 0.3 is 0 Å². The predicted molar refractivity (Wildman–Crippen MR) is 180 cm³/mol. The third-order valence-electron chi connectivity index (χ3n) is 9.69. The summed E-state index contributed by atoms with van der Waals surface area (Å²) in [5.41, 5.74) is 6.80. The molecule has 0 saturated carbocycles. The van der Waals surface area contributed by atoms with Crippen LogP contribution in [0, 0.1) is 0 Å². The van der Waals surface area contributed by atoms with E-state index in [2.05, 4.69) is 41.3 Å². The average molecular weight is 631 g/mol. The van der Waals surface area contributed by atoms with Crippen molar-refractivity contribution in [2.75, 3.05) is 19.6 Å². The summed E-state index contributed by atoms with van der Waals surface area (Å²) in [7, 11) is 0. The van der Waals surface area contributed by atoms with Gasteiger partial charge in [0.15, 0.2) is 6.29 Å². The Morgan fingerprint density at radius 2 is 1.32 bits per heavy atom. The fourth-order valence-corrected chi connectivity index (χ4v) is 7.06. The summed E-state index contributed by atoms with van der Waals surface area (Å²) in [6, 6.07) is 31.3. The topological polar surface area (TPSA) is 79.3 Å². The molecule has 2 amide bonds. The highest BCUT2D eigenvalue weighted by molar-refractivity contribution is 6.21. The molecular weight excluding hydrogens is 588 g/mol. The van der Waals surface area contributed by atoms with Gasteiger partial charge in [-0.15, -0.1) is 0 Å². The highest BCUT2D eigenvalue weighted by atomic mass is 16.7. The average Bonchev–Trinajstić information content (AvgIpc) is 3.34. The Bertz CT molecular complexity index is 1660. The van der Waals surface area contributed by atoms with Crippen LogP contribution in [0.1, 0.15) is 93.9 Å². The van der Waals surface area contributed by atoms with E-state index in [1.54, 1.807) is 24.3 Å². The first-order valence-corrected chi connectivity index (χ1v) is 16.9. The van der Waals surface area contributed by atoms with Crippen molar-refractivity contribution in [3.05, 3.63) is 130 Å². The highest BCUT2D eigenvalue weighted by Gasteiger charge is 2.35. The molecule has 7 heteroatoms. The molecule has 1 N–H and O–H groups in total. The molecule has 0 spiro atoms. The zero-order valence-corrected chi connectivity index (χ0v) is 26.7. The van der Waals surface area contributed by atoms with Gasteiger partial charge in [0.05, 0.1) is 36.5 Å². The molecule has 2 saturated heterocycles. The summed E-state index contributed by atoms with van der Waals surface area (Å²) in [6.45, 7) is 3.36. The van der Waals surface area contributed by atoms with Crippen molar-refractivity contribution in [2.24, 2.45) is 0 Å². The predicted octanol–water partition coefficient (Wildman–Crippen LogP) is 7.45. The normalized spacial score (nSPS) is 22.1. The summed E-state index contributed by atoms with van der Waals surface area (Å²) in [5.74, 6) is -0.500. The number of ether oxygens (including phenoxy) is 2. The third-order valence-corrected chi connectivity index (χ3v) is 9.69. The molecule has 3 heterocycles. The second-order valence-electron chi connectivity index (χ2n) is 13.0. The number of carbonyl (C=O) groups excluding carboxylic acids is 2. The SMILES string of the molecule is O=C1c2ccccc2C(=O)N1Cc1cccc(-c2ccc([C@@H]3O[C@H](CN4CCCCCCC4)C[C@H](c4ccc(CO)cc4)O3)cc2)c1. The summed E-state index contributed by atoms with van der Waals surface area (Å²) in [5, 5.41) is 9.55. The second-order valence-corrected chi connectivity index (χ2v) is 13.0. The van der Waals surface area contributed by atoms with Crippen LogP contribution < -0.4 is 0 Å². The zero-order chi connectivity index (χ0) is 32.2. The lowest BCUT2D eigenvalue weighted by molar-refractivity contribution is -0.253. The van der Waals surface area contributed by atoms with Crippen LogP contribution in [0.5, 0.6) is 0 Å². The van der Waals surface area contributed by atoms with Crippen molar-refractivity contribution in [3.63, 3.8) is 0 Å². The molecule has 47 heavy (non-hydrogen) atoms. The lowest BCUT2D eigenvalue weighted by Gasteiger charge is -2.38. The number of carbonyl (C=O) groups is 2. The second kappa shape index (κ2) is 14.3. The van der Waals surface area contributed by atoms with Crippen molar-refractivity contribution in [1.82, 2.24) is 9.80 Å². The summed E-state index contributed by atoms with van der Waals surface area (Å²) in [4.78, 5) is 29.7. The summed E-state index contributed by atoms with van der Waals surface area (Å²) < 4.78 is 13.3. The molecule has 4 aromatic rings. The molecule has 7 rings (SSSR count). The largest absolute Gasteiger partial charge is 0.392 e. The summed E-state index contributed by atoms with van der Waals surface area (Å²) >= 11 is 0. The smallest absolute Gasteiger partial charge is 0.261 e. The van der Waals surface area contributed by atoms with Gasteiger partial charge in [-0.25, -0.2) is 0 Å². The van der Waals surface area contributed by atoms with Gasteiger partial charge in [0.25, 0.3) is 11.8 Å². The maximum atomic E-state index is 12.9. The third kappa shape index (κ3) is 7.09. The van der Waals surface area contributed by atoms with E-state index in [1.807, 2.05) is 36.4 Å². The van der Waals surface area contributed by atoms with E-state index in [0.717, 1.165) is 59.4 Å². The molecular formula is C40H42N2O5. The van der Waals surface area contributed by atoms with Crippen LogP contribution in [0.2, 0.25) is 0 Å². The van der Waals surface area contributed by atoms with Crippen LogP contribution in [0.3, 0.4) is 0 Å². The minimum absolute atomic E-state index is 0.0210. The number of imide groups is 1. The number of amides is 2. The van der Waals surface area contributed by atoms with Crippen LogP contribution in [0.25, 0.3) is 11.1 Å². The van der Waals surface area contributed by atoms with E-state index < -0.39 is 6.29 Å². The molecule has 0 aliphatic carbocycles. The molecule has 0 bridgehead atoms. The van der Waals surface area contributed by atoms with Crippen molar-refractivity contribution in [1.29, 1.82) is 0 Å². The van der Waals surface area contributed by atoms with Crippen LogP contribution in [-0.2, 0) is 22.6 Å². The first kappa shape index (κ1) is 31.5. The number of fused-ring (bicyclic) bond motifs is 1. The minimum Gasteiger partial charge on any atom is -0.392 e. The van der Waals surface area contributed by atoms with E-state index in [9.17, 15) is 14.7 Å². The van der Waals surface area contributed by atoms with Crippen LogP contribution >= 0.6 is 0 Å². The van der Waals surface area contributed by atoms with Gasteiger partial charge in [-0.1, -0.05) is 98.1 Å². The number of aliphatic hydroxyl groups excluding tert-OH is 1. The molecule has 3 aliphatic rings. The molecule has 4 aromatic carbocycles. The van der Waals surface area contributed by atoms with Gasteiger partial charge < -0.3 is 19.5 Å². The number of likely N-dealkylation sites (tertiary alicyclic amines) is 1. The Kier molecular flexibility index (Phi) is 9.58. The minimum atomic E-state index is -0.500. The Hall–Kier alpha value is -4.14. The van der Waals surface area contributed by atoms with Gasteiger partial charge in [-0.05, 0) is 71.9 Å². The summed E-state index contributed by atoms with van der Waals surface area (Å²) in [6.07, 6.45) is 6.61. The molecule has 242 valence electrons. The molecule has 0 radical (unpaired) electrons. The van der Waals surface area contributed by atoms with E-state index in [1.165, 1.54) is 37.0 Å². The van der Waals surface area contributed by atoms with Crippen molar-refractivity contribution in [2.45, 2.75) is 70.2 Å². The van der Waals surface area contributed by atoms with E-state index in [-0.39, 0.29) is 37.2 Å². The van der Waals surface area contributed by atoms with Gasteiger partial charge in [0, 0.05) is 18.5 Å². The maximum absolute atomic E-state index is 12.9. The number of hydrogen-bond donors (Lipinski definition) is 1. The van der Waals surface area contributed by atoms with Gasteiger partial charge in [0.1, 0.15) is 0 Å². The van der Waals surface area contributed by atoms with Crippen LogP contribution in [0.4, 0.5) is 0 Å². The first-order chi connectivity index (χ1) is 23.1. The lowest BCUT2D eigenvalue weighted by atomic mass is 9.98. The fraction of sp³-hybridized carbons (Fsp3) is 0.350. The molecule has 0 unspecified atom stereocenters. The number of aliphatic hydroxyl groups is 1. The van der Waals surface area contributed by atoms with Gasteiger partial charge in [-0.2, -0.15) is 0 Å². The Labute approximate surface area is 276 Å². The Balaban J connectivity index is 1.08. The highest BCUT2D eigenvalue weighted by Crippen LogP contribution is 2.39. The monoisotopic (exact) mass is 630 g/mol. The number of nitrogens with zero attached hydrogens (tertiary/aromatic N) is 2. The van der Waals surface area contributed by atoms with Crippen LogP contribution in [0.15, 0.2) is 97.1 Å². The Morgan fingerprint density at radius 3 is 2.00 bits per heavy atom. The fourth-order valence-electron chi connectivity index (χ4n) is 7.06. The van der Waals surface area contributed by atoms with Gasteiger partial charge in [-0.3, -0.25) is 14.5 Å². The van der Waals surface area contributed by atoms with Crippen molar-refractivity contribution < 1.29 is 24.2 Å². The first-order valence-electron chi connectivity index (χ1n) is 16.9. The Morgan fingerprint density at radius 1 is 0.660 bits per heavy atom. The molecule has 7 nitrogen and oxygen atoms in total. The van der Waals surface area contributed by atoms with E-state index >= 15 is 0 Å². The number of benzene rings is 4.